The van der Waals surface area contributed by atoms with E-state index in [1.807, 2.05) is 31.1 Å². The zero-order valence-corrected chi connectivity index (χ0v) is 15.7. The summed E-state index contributed by atoms with van der Waals surface area (Å²) in [5.74, 6) is 0.457. The summed E-state index contributed by atoms with van der Waals surface area (Å²) in [5.41, 5.74) is 5.15. The van der Waals surface area contributed by atoms with Crippen molar-refractivity contribution in [2.24, 2.45) is 0 Å². The van der Waals surface area contributed by atoms with Crippen molar-refractivity contribution in [3.63, 3.8) is 0 Å². The lowest BCUT2D eigenvalue weighted by Crippen LogP contribution is -2.29. The number of benzene rings is 2. The first kappa shape index (κ1) is 17.5. The van der Waals surface area contributed by atoms with Gasteiger partial charge in [-0.2, -0.15) is 0 Å². The van der Waals surface area contributed by atoms with Crippen LogP contribution in [0.1, 0.15) is 12.0 Å². The number of rotatable bonds is 3. The van der Waals surface area contributed by atoms with Crippen LogP contribution in [-0.4, -0.2) is 54.1 Å². The fourth-order valence-electron chi connectivity index (χ4n) is 3.60. The van der Waals surface area contributed by atoms with E-state index in [0.29, 0.717) is 12.4 Å². The molecule has 5 heteroatoms. The zero-order valence-electron chi connectivity index (χ0n) is 15.7. The lowest BCUT2D eigenvalue weighted by molar-refractivity contribution is 0.188. The molecule has 2 aromatic carbocycles. The maximum atomic E-state index is 9.81. The number of hydrogen-bond acceptors (Lipinski definition) is 4. The Kier molecular flexibility index (Phi) is 4.54. The van der Waals surface area contributed by atoms with Gasteiger partial charge in [-0.05, 0) is 47.9 Å². The minimum absolute atomic E-state index is 0.343. The minimum Gasteiger partial charge on any atom is -0.391 e. The molecule has 0 bridgehead atoms. The Hall–Kier alpha value is -2.92. The molecule has 0 spiro atoms. The normalized spacial score (nSPS) is 16.7. The Bertz CT molecular complexity index is 981. The third kappa shape index (κ3) is 3.38. The Morgan fingerprint density at radius 1 is 1.11 bits per heavy atom. The Labute approximate surface area is 159 Å². The molecule has 1 aliphatic heterocycles. The molecule has 1 aliphatic rings. The fraction of sp³-hybridized carbons (Fsp3) is 0.273. The van der Waals surface area contributed by atoms with Gasteiger partial charge in [-0.3, -0.25) is 10.4 Å². The molecule has 138 valence electrons. The molecule has 2 N–H and O–H groups in total. The molecular weight excluding hydrogens is 336 g/mol. The van der Waals surface area contributed by atoms with Crippen molar-refractivity contribution in [1.82, 2.24) is 9.88 Å². The number of anilines is 1. The van der Waals surface area contributed by atoms with Crippen LogP contribution in [-0.2, 0) is 0 Å². The van der Waals surface area contributed by atoms with Crippen LogP contribution in [0.4, 0.5) is 5.69 Å². The van der Waals surface area contributed by atoms with Crippen molar-refractivity contribution in [3.05, 3.63) is 60.3 Å². The molecular formula is C22H24N4O. The van der Waals surface area contributed by atoms with E-state index in [1.54, 1.807) is 6.20 Å². The molecule has 0 saturated carbocycles. The molecule has 1 fully saturated rings. The van der Waals surface area contributed by atoms with E-state index in [0.717, 1.165) is 46.2 Å². The quantitative estimate of drug-likeness (QED) is 0.555. The first-order valence-electron chi connectivity index (χ1n) is 9.21. The molecule has 1 saturated heterocycles. The summed E-state index contributed by atoms with van der Waals surface area (Å²) in [4.78, 5) is 8.49. The van der Waals surface area contributed by atoms with Crippen molar-refractivity contribution in [1.29, 1.82) is 5.41 Å². The summed E-state index contributed by atoms with van der Waals surface area (Å²) in [6.45, 7) is 1.24. The largest absolute Gasteiger partial charge is 0.391 e. The second-order valence-corrected chi connectivity index (χ2v) is 7.27. The van der Waals surface area contributed by atoms with E-state index in [9.17, 15) is 5.11 Å². The molecule has 2 heterocycles. The predicted octanol–water partition coefficient (Wildman–Crippen LogP) is 3.36. The molecule has 5 nitrogen and oxygen atoms in total. The number of β-amino-alcohol motifs (C(OH)–C–C–N with tert-alkyl or cyclic N) is 1. The van der Waals surface area contributed by atoms with E-state index >= 15 is 0 Å². The Morgan fingerprint density at radius 3 is 2.52 bits per heavy atom. The molecule has 3 aromatic rings. The van der Waals surface area contributed by atoms with E-state index in [1.165, 1.54) is 0 Å². The average molecular weight is 360 g/mol. The lowest BCUT2D eigenvalue weighted by Gasteiger charge is -2.20. The minimum atomic E-state index is -0.343. The van der Waals surface area contributed by atoms with Gasteiger partial charge in [-0.15, -0.1) is 0 Å². The van der Waals surface area contributed by atoms with Gasteiger partial charge < -0.3 is 14.9 Å². The number of aliphatic hydroxyl groups is 1. The highest BCUT2D eigenvalue weighted by atomic mass is 16.3. The number of aliphatic hydroxyl groups excluding tert-OH is 1. The Balaban J connectivity index is 1.74. The second kappa shape index (κ2) is 7.00. The summed E-state index contributed by atoms with van der Waals surface area (Å²) >= 11 is 0. The van der Waals surface area contributed by atoms with Gasteiger partial charge in [0, 0.05) is 50.0 Å². The van der Waals surface area contributed by atoms with E-state index in [-0.39, 0.29) is 6.10 Å². The molecule has 1 aromatic heterocycles. The second-order valence-electron chi connectivity index (χ2n) is 7.27. The van der Waals surface area contributed by atoms with Crippen LogP contribution in [0.2, 0.25) is 0 Å². The fourth-order valence-corrected chi connectivity index (χ4v) is 3.60. The van der Waals surface area contributed by atoms with E-state index < -0.39 is 0 Å². The SMILES string of the molecule is CN(C)c1ccc(-c2ccc3nccc(C(=N)N4CCC(O)C4)c3c2)cc1. The number of fused-ring (bicyclic) bond motifs is 1. The van der Waals surface area contributed by atoms with Gasteiger partial charge in [0.25, 0.3) is 0 Å². The highest BCUT2D eigenvalue weighted by Gasteiger charge is 2.24. The summed E-state index contributed by atoms with van der Waals surface area (Å²) in [6.07, 6.45) is 2.13. The van der Waals surface area contributed by atoms with Gasteiger partial charge >= 0.3 is 0 Å². The van der Waals surface area contributed by atoms with Crippen LogP contribution in [0, 0.1) is 5.41 Å². The van der Waals surface area contributed by atoms with Crippen molar-refractivity contribution in [3.8, 4) is 11.1 Å². The Morgan fingerprint density at radius 2 is 1.85 bits per heavy atom. The molecule has 0 radical (unpaired) electrons. The van der Waals surface area contributed by atoms with Crippen LogP contribution in [0.3, 0.4) is 0 Å². The molecule has 1 atom stereocenters. The first-order valence-corrected chi connectivity index (χ1v) is 9.21. The number of hydrogen-bond donors (Lipinski definition) is 2. The third-order valence-corrected chi connectivity index (χ3v) is 5.19. The van der Waals surface area contributed by atoms with Crippen molar-refractivity contribution in [2.75, 3.05) is 32.1 Å². The van der Waals surface area contributed by atoms with E-state index in [2.05, 4.69) is 46.3 Å². The maximum Gasteiger partial charge on any atom is 0.128 e. The standard InChI is InChI=1S/C22H24N4O/c1-25(2)17-6-3-15(4-7-17)16-5-8-21-20(13-16)19(9-11-24-21)22(23)26-12-10-18(27)14-26/h3-9,11,13,18,23,27H,10,12,14H2,1-2H3. The molecule has 4 rings (SSSR count). The topological polar surface area (TPSA) is 63.5 Å². The number of nitrogens with zero attached hydrogens (tertiary/aromatic N) is 3. The van der Waals surface area contributed by atoms with Gasteiger partial charge in [0.1, 0.15) is 5.84 Å². The lowest BCUT2D eigenvalue weighted by atomic mass is 10.00. The van der Waals surface area contributed by atoms with Crippen molar-refractivity contribution >= 4 is 22.4 Å². The highest BCUT2D eigenvalue weighted by Crippen LogP contribution is 2.28. The summed E-state index contributed by atoms with van der Waals surface area (Å²) < 4.78 is 0. The summed E-state index contributed by atoms with van der Waals surface area (Å²) in [7, 11) is 4.06. The number of pyridine rings is 1. The van der Waals surface area contributed by atoms with Crippen LogP contribution in [0.25, 0.3) is 22.0 Å². The molecule has 0 aliphatic carbocycles. The number of aromatic nitrogens is 1. The summed E-state index contributed by atoms with van der Waals surface area (Å²) in [6, 6.07) is 16.6. The number of likely N-dealkylation sites (tertiary alicyclic amines) is 1. The van der Waals surface area contributed by atoms with Crippen LogP contribution < -0.4 is 4.90 Å². The number of nitrogens with one attached hydrogen (secondary N) is 1. The third-order valence-electron chi connectivity index (χ3n) is 5.19. The van der Waals surface area contributed by atoms with E-state index in [4.69, 9.17) is 5.41 Å². The van der Waals surface area contributed by atoms with Gasteiger partial charge in [0.2, 0.25) is 0 Å². The van der Waals surface area contributed by atoms with Crippen LogP contribution in [0.15, 0.2) is 54.7 Å². The zero-order chi connectivity index (χ0) is 19.0. The van der Waals surface area contributed by atoms with Crippen LogP contribution in [0.5, 0.6) is 0 Å². The first-order chi connectivity index (χ1) is 13.0. The highest BCUT2D eigenvalue weighted by molar-refractivity contribution is 6.08. The predicted molar refractivity (Wildman–Crippen MR) is 111 cm³/mol. The summed E-state index contributed by atoms with van der Waals surface area (Å²) in [5, 5.41) is 19.4. The average Bonchev–Trinajstić information content (AvgIpc) is 3.13. The monoisotopic (exact) mass is 360 g/mol. The molecule has 0 amide bonds. The molecule has 1 unspecified atom stereocenters. The molecule has 27 heavy (non-hydrogen) atoms. The van der Waals surface area contributed by atoms with Crippen molar-refractivity contribution < 1.29 is 5.11 Å². The maximum absolute atomic E-state index is 9.81. The van der Waals surface area contributed by atoms with Gasteiger partial charge in [0.05, 0.1) is 11.6 Å². The van der Waals surface area contributed by atoms with Crippen molar-refractivity contribution in [2.45, 2.75) is 12.5 Å². The number of amidine groups is 1. The smallest absolute Gasteiger partial charge is 0.128 e. The van der Waals surface area contributed by atoms with Crippen LogP contribution >= 0.6 is 0 Å². The van der Waals surface area contributed by atoms with Gasteiger partial charge in [0.15, 0.2) is 0 Å². The van der Waals surface area contributed by atoms with Gasteiger partial charge in [-0.1, -0.05) is 18.2 Å². The van der Waals surface area contributed by atoms with Gasteiger partial charge in [-0.25, -0.2) is 0 Å².